The van der Waals surface area contributed by atoms with Crippen LogP contribution in [0.25, 0.3) is 11.3 Å². The molecule has 178 valence electrons. The normalized spacial score (nSPS) is 11.1. The number of pyridine rings is 1. The Bertz CT molecular complexity index is 1460. The van der Waals surface area contributed by atoms with E-state index in [2.05, 4.69) is 30.1 Å². The van der Waals surface area contributed by atoms with E-state index in [-0.39, 0.29) is 35.3 Å². The van der Waals surface area contributed by atoms with Crippen molar-refractivity contribution in [2.24, 2.45) is 0 Å². The van der Waals surface area contributed by atoms with Crippen LogP contribution in [0.4, 0.5) is 11.6 Å². The van der Waals surface area contributed by atoms with E-state index < -0.39 is 10.0 Å². The molecule has 3 aromatic heterocycles. The summed E-state index contributed by atoms with van der Waals surface area (Å²) in [6.45, 7) is 0.269. The van der Waals surface area contributed by atoms with E-state index in [0.717, 1.165) is 5.56 Å². The Kier molecular flexibility index (Phi) is 7.21. The van der Waals surface area contributed by atoms with E-state index in [1.807, 2.05) is 6.07 Å². The van der Waals surface area contributed by atoms with Gasteiger partial charge in [0, 0.05) is 55.1 Å². The van der Waals surface area contributed by atoms with Crippen LogP contribution >= 0.6 is 0 Å². The zero-order valence-corrected chi connectivity index (χ0v) is 19.2. The van der Waals surface area contributed by atoms with Crippen LogP contribution < -0.4 is 15.6 Å². The molecule has 2 N–H and O–H groups in total. The van der Waals surface area contributed by atoms with Gasteiger partial charge in [-0.05, 0) is 55.0 Å². The standard InChI is InChI=1S/C23H21N7O4S/c31-21(5-2-15-30-22(32)11-10-20(28-30)17-4-1-12-24-16-17)27-18-6-8-19(9-7-18)35(33,34)29-23-25-13-3-14-26-23/h1,3-4,6-14,16H,2,5,15H2,(H,27,31)(H,25,26,29). The number of hydrogen-bond donors (Lipinski definition) is 2. The average molecular weight is 492 g/mol. The maximum atomic E-state index is 12.4. The number of carbonyl (C=O) groups is 1. The molecule has 35 heavy (non-hydrogen) atoms. The highest BCUT2D eigenvalue weighted by Gasteiger charge is 2.15. The van der Waals surface area contributed by atoms with Crippen molar-refractivity contribution in [3.8, 4) is 11.3 Å². The van der Waals surface area contributed by atoms with Crippen LogP contribution in [0.5, 0.6) is 0 Å². The molecule has 3 heterocycles. The molecule has 0 aliphatic carbocycles. The van der Waals surface area contributed by atoms with Gasteiger partial charge in [0.15, 0.2) is 0 Å². The van der Waals surface area contributed by atoms with Crippen LogP contribution in [-0.4, -0.2) is 39.1 Å². The quantitative estimate of drug-likeness (QED) is 0.362. The molecule has 0 saturated carbocycles. The molecule has 0 unspecified atom stereocenters. The van der Waals surface area contributed by atoms with Crippen molar-refractivity contribution in [1.29, 1.82) is 0 Å². The third-order valence-electron chi connectivity index (χ3n) is 4.84. The molecule has 0 aliphatic rings. The highest BCUT2D eigenvalue weighted by Crippen LogP contribution is 2.17. The summed E-state index contributed by atoms with van der Waals surface area (Å²) in [6.07, 6.45) is 6.70. The Balaban J connectivity index is 1.31. The summed E-state index contributed by atoms with van der Waals surface area (Å²) in [5, 5.41) is 7.06. The number of benzene rings is 1. The monoisotopic (exact) mass is 491 g/mol. The summed E-state index contributed by atoms with van der Waals surface area (Å²) in [7, 11) is -3.86. The number of amides is 1. The second-order valence-electron chi connectivity index (χ2n) is 7.38. The van der Waals surface area contributed by atoms with Gasteiger partial charge in [0.2, 0.25) is 11.9 Å². The Hall–Kier alpha value is -4.45. The van der Waals surface area contributed by atoms with Crippen molar-refractivity contribution in [3.05, 3.63) is 89.7 Å². The van der Waals surface area contributed by atoms with Crippen LogP contribution in [0.3, 0.4) is 0 Å². The number of aryl methyl sites for hydroxylation is 1. The number of nitrogens with one attached hydrogen (secondary N) is 2. The number of nitrogens with zero attached hydrogens (tertiary/aromatic N) is 5. The first kappa shape index (κ1) is 23.7. The number of rotatable bonds is 9. The van der Waals surface area contributed by atoms with Crippen LogP contribution in [0.1, 0.15) is 12.8 Å². The number of hydrogen-bond acceptors (Lipinski definition) is 8. The fraction of sp³-hybridized carbons (Fsp3) is 0.130. The summed E-state index contributed by atoms with van der Waals surface area (Å²) in [5.74, 6) is -0.308. The molecular weight excluding hydrogens is 470 g/mol. The predicted molar refractivity (Wildman–Crippen MR) is 129 cm³/mol. The first-order valence-corrected chi connectivity index (χ1v) is 12.1. The number of aromatic nitrogens is 5. The van der Waals surface area contributed by atoms with Gasteiger partial charge in [0.05, 0.1) is 10.6 Å². The van der Waals surface area contributed by atoms with Gasteiger partial charge in [0.1, 0.15) is 0 Å². The molecule has 0 bridgehead atoms. The summed E-state index contributed by atoms with van der Waals surface area (Å²) < 4.78 is 28.5. The van der Waals surface area contributed by atoms with Gasteiger partial charge < -0.3 is 5.32 Å². The van der Waals surface area contributed by atoms with Crippen LogP contribution in [0, 0.1) is 0 Å². The van der Waals surface area contributed by atoms with Gasteiger partial charge in [-0.1, -0.05) is 0 Å². The lowest BCUT2D eigenvalue weighted by molar-refractivity contribution is -0.116. The summed E-state index contributed by atoms with van der Waals surface area (Å²) in [6, 6.07) is 14.0. The van der Waals surface area contributed by atoms with Crippen LogP contribution in [0.15, 0.2) is 89.1 Å². The van der Waals surface area contributed by atoms with E-state index in [1.54, 1.807) is 30.6 Å². The van der Waals surface area contributed by atoms with Gasteiger partial charge in [-0.15, -0.1) is 0 Å². The molecular formula is C23H21N7O4S. The second-order valence-corrected chi connectivity index (χ2v) is 9.06. The lowest BCUT2D eigenvalue weighted by Gasteiger charge is -2.09. The van der Waals surface area contributed by atoms with Crippen molar-refractivity contribution in [2.75, 3.05) is 10.0 Å². The first-order chi connectivity index (χ1) is 16.9. The zero-order valence-electron chi connectivity index (χ0n) is 18.4. The Morgan fingerprint density at radius 2 is 1.71 bits per heavy atom. The zero-order chi connectivity index (χ0) is 24.7. The van der Waals surface area contributed by atoms with Gasteiger partial charge in [-0.3, -0.25) is 14.6 Å². The Morgan fingerprint density at radius 1 is 0.943 bits per heavy atom. The minimum Gasteiger partial charge on any atom is -0.326 e. The number of sulfonamides is 1. The second kappa shape index (κ2) is 10.7. The van der Waals surface area contributed by atoms with E-state index in [4.69, 9.17) is 0 Å². The van der Waals surface area contributed by atoms with Crippen molar-refractivity contribution in [3.63, 3.8) is 0 Å². The van der Waals surface area contributed by atoms with Crippen LogP contribution in [-0.2, 0) is 21.4 Å². The molecule has 0 atom stereocenters. The number of anilines is 2. The average Bonchev–Trinajstić information content (AvgIpc) is 2.86. The third-order valence-corrected chi connectivity index (χ3v) is 6.18. The van der Waals surface area contributed by atoms with Crippen molar-refractivity contribution in [1.82, 2.24) is 24.7 Å². The fourth-order valence-corrected chi connectivity index (χ4v) is 4.10. The number of carbonyl (C=O) groups excluding carboxylic acids is 1. The largest absolute Gasteiger partial charge is 0.326 e. The highest BCUT2D eigenvalue weighted by atomic mass is 32.2. The van der Waals surface area contributed by atoms with Gasteiger partial charge in [-0.25, -0.2) is 27.8 Å². The molecule has 0 radical (unpaired) electrons. The maximum absolute atomic E-state index is 12.4. The lowest BCUT2D eigenvalue weighted by Crippen LogP contribution is -2.23. The van der Waals surface area contributed by atoms with E-state index in [0.29, 0.717) is 17.8 Å². The molecule has 0 aliphatic heterocycles. The SMILES string of the molecule is O=C(CCCn1nc(-c2cccnc2)ccc1=O)Nc1ccc(S(=O)(=O)Nc2ncccn2)cc1. The van der Waals surface area contributed by atoms with Gasteiger partial charge >= 0.3 is 0 Å². The van der Waals surface area contributed by atoms with E-state index in [1.165, 1.54) is 47.4 Å². The Morgan fingerprint density at radius 3 is 2.43 bits per heavy atom. The van der Waals surface area contributed by atoms with Crippen molar-refractivity contribution < 1.29 is 13.2 Å². The minimum atomic E-state index is -3.86. The topological polar surface area (TPSA) is 149 Å². The highest BCUT2D eigenvalue weighted by molar-refractivity contribution is 7.92. The predicted octanol–water partition coefficient (Wildman–Crippen LogP) is 2.32. The minimum absolute atomic E-state index is 0.00176. The molecule has 12 heteroatoms. The summed E-state index contributed by atoms with van der Waals surface area (Å²) >= 11 is 0. The molecule has 11 nitrogen and oxygen atoms in total. The molecule has 0 saturated heterocycles. The first-order valence-electron chi connectivity index (χ1n) is 10.6. The molecule has 0 fully saturated rings. The molecule has 4 aromatic rings. The molecule has 4 rings (SSSR count). The molecule has 0 spiro atoms. The lowest BCUT2D eigenvalue weighted by atomic mass is 10.2. The van der Waals surface area contributed by atoms with Crippen LogP contribution in [0.2, 0.25) is 0 Å². The smallest absolute Gasteiger partial charge is 0.266 e. The molecule has 1 amide bonds. The molecule has 1 aromatic carbocycles. The van der Waals surface area contributed by atoms with E-state index >= 15 is 0 Å². The van der Waals surface area contributed by atoms with Gasteiger partial charge in [-0.2, -0.15) is 5.10 Å². The Labute approximate surface area is 201 Å². The van der Waals surface area contributed by atoms with Crippen molar-refractivity contribution >= 4 is 27.6 Å². The van der Waals surface area contributed by atoms with E-state index in [9.17, 15) is 18.0 Å². The van der Waals surface area contributed by atoms with Crippen molar-refractivity contribution in [2.45, 2.75) is 24.3 Å². The third kappa shape index (κ3) is 6.32. The summed E-state index contributed by atoms with van der Waals surface area (Å²) in [4.78, 5) is 36.2. The van der Waals surface area contributed by atoms with Gasteiger partial charge in [0.25, 0.3) is 15.6 Å². The summed E-state index contributed by atoms with van der Waals surface area (Å²) in [5.41, 5.74) is 1.59. The maximum Gasteiger partial charge on any atom is 0.266 e. The fourth-order valence-electron chi connectivity index (χ4n) is 3.14.